The summed E-state index contributed by atoms with van der Waals surface area (Å²) in [5.74, 6) is -21.7. The topological polar surface area (TPSA) is 867 Å². The number of rotatable bonds is 51. The predicted octanol–water partition coefficient (Wildman–Crippen LogP) is -14.7. The minimum absolute atomic E-state index is 0.204. The van der Waals surface area contributed by atoms with E-state index in [1.807, 2.05) is 5.32 Å². The van der Waals surface area contributed by atoms with Crippen molar-refractivity contribution in [1.82, 2.24) is 69.1 Å². The second-order valence-electron chi connectivity index (χ2n) is 30.6. The summed E-state index contributed by atoms with van der Waals surface area (Å²) in [5.41, 5.74) is 5.65. The van der Waals surface area contributed by atoms with Crippen molar-refractivity contribution < 1.29 is 201 Å². The van der Waals surface area contributed by atoms with Crippen LogP contribution in [-0.4, -0.2) is 405 Å². The first kappa shape index (κ1) is 110. The van der Waals surface area contributed by atoms with Gasteiger partial charge in [0, 0.05) is 40.5 Å². The van der Waals surface area contributed by atoms with Crippen LogP contribution in [-0.2, 0) is 124 Å². The van der Waals surface area contributed by atoms with E-state index in [2.05, 4.69) is 63.8 Å². The molecule has 30 N–H and O–H groups in total. The molecule has 4 heterocycles. The van der Waals surface area contributed by atoms with Crippen LogP contribution in [0.25, 0.3) is 0 Å². The SMILES string of the molecule is CC(=O)NC1C(OC2C(CO)OC(O)C(NC(C)=O)C2OC(C)C(=O)NC(C)C(=O)NC(CCC(=O)NC(CCCC(NC(=O)C(C)NC(=O)C(CCCC(N)C(=O)O)NC(=O)CCC(NC(=O)C(C)NC(=O)C(C)OC2C(NC(C)=O)C(O)OC(CO)C2OC2OC(CO)C(O)C(O)C2NC(C)=O)C(=O)O)C(=O)O)C(=O)NCC(=O)O)C(=O)O)OC(CO)C(O)C1O. The number of hydrogen-bond acceptors (Lipinski definition) is 37. The van der Waals surface area contributed by atoms with Gasteiger partial charge in [0.15, 0.2) is 25.2 Å². The predicted molar refractivity (Wildman–Crippen MR) is 418 cm³/mol. The van der Waals surface area contributed by atoms with Crippen molar-refractivity contribution in [3.8, 4) is 0 Å². The first-order valence-corrected chi connectivity index (χ1v) is 40.3. The van der Waals surface area contributed by atoms with Crippen LogP contribution in [0.3, 0.4) is 0 Å². The molecule has 55 nitrogen and oxygen atoms in total. The van der Waals surface area contributed by atoms with Gasteiger partial charge in [-0.2, -0.15) is 0 Å². The highest BCUT2D eigenvalue weighted by molar-refractivity contribution is 5.95. The van der Waals surface area contributed by atoms with E-state index in [0.29, 0.717) is 0 Å². The molecule has 4 saturated heterocycles. The van der Waals surface area contributed by atoms with Crippen molar-refractivity contribution in [1.29, 1.82) is 0 Å². The van der Waals surface area contributed by atoms with Gasteiger partial charge in [0.2, 0.25) is 76.8 Å². The molecule has 4 aliphatic rings. The van der Waals surface area contributed by atoms with E-state index in [9.17, 15) is 163 Å². The minimum atomic E-state index is -1.99. The monoisotopic (exact) mass is 1850 g/mol. The Morgan fingerprint density at radius 1 is 0.344 bits per heavy atom. The number of carboxylic acid groups (broad SMARTS) is 5. The zero-order chi connectivity index (χ0) is 96.7. The number of carboxylic acids is 5. The number of ether oxygens (including phenoxy) is 8. The molecule has 31 atom stereocenters. The maximum Gasteiger partial charge on any atom is 0.326 e. The van der Waals surface area contributed by atoms with Gasteiger partial charge in [-0.1, -0.05) is 0 Å². The van der Waals surface area contributed by atoms with Crippen molar-refractivity contribution in [3.05, 3.63) is 0 Å². The number of nitrogens with two attached hydrogens (primary N) is 1. The summed E-state index contributed by atoms with van der Waals surface area (Å²) in [7, 11) is 0. The quantitative estimate of drug-likeness (QED) is 0.0269. The van der Waals surface area contributed by atoms with Gasteiger partial charge in [0.1, 0.15) is 171 Å². The van der Waals surface area contributed by atoms with Gasteiger partial charge in [0.05, 0.1) is 26.4 Å². The van der Waals surface area contributed by atoms with Crippen molar-refractivity contribution in [2.24, 2.45) is 5.73 Å². The van der Waals surface area contributed by atoms with Gasteiger partial charge in [0.25, 0.3) is 0 Å². The average Bonchev–Trinajstić information content (AvgIpc) is 0.774. The molecule has 13 amide bonds. The first-order valence-electron chi connectivity index (χ1n) is 40.3. The van der Waals surface area contributed by atoms with Crippen LogP contribution in [0.5, 0.6) is 0 Å². The fourth-order valence-corrected chi connectivity index (χ4v) is 13.6. The maximum atomic E-state index is 13.9. The van der Waals surface area contributed by atoms with Gasteiger partial charge < -0.3 is 189 Å². The van der Waals surface area contributed by atoms with E-state index in [0.717, 1.165) is 62.3 Å². The third-order valence-corrected chi connectivity index (χ3v) is 20.4. The van der Waals surface area contributed by atoms with Crippen LogP contribution in [0.15, 0.2) is 0 Å². The van der Waals surface area contributed by atoms with Gasteiger partial charge in [-0.05, 0) is 86.0 Å². The van der Waals surface area contributed by atoms with Crippen LogP contribution < -0.4 is 74.9 Å². The summed E-state index contributed by atoms with van der Waals surface area (Å²) >= 11 is 0. The number of aliphatic carboxylic acids is 5. The molecule has 4 fully saturated rings. The standard InChI is InChI=1S/C73H118N14O41/c1-25(76-62(107)28(4)121-57-49(81-32(8)94)70(119)123-42(23-90)55(57)127-72-47(79-30(6)92)53(102)51(100)40(21-88)125-72)59(104)86-38(68(115)116)16-18-44(96)83-35(64(109)75-20-46(98)99)14-11-15-37(67(113)114)85-61(106)27(3)78-65(110)36(13-10-12-34(74)66(111)112)84-45(97)19-17-39(69(117)118)87-60(105)26(2)77-63(108)29(5)122-58-50(82-33(9)95)71(120)124-43(24-91)56(58)128-73-48(80-31(7)93)54(103)52(101)41(22-89)126-73/h25-29,34-43,47-58,70-73,88-91,100-103,119-120H,10-24,74H2,1-9H3,(H,75,109)(H,76,107)(H,77,108)(H,78,110)(H,79,92)(H,80,93)(H,81,94)(H,82,95)(H,83,96)(H,84,97)(H,85,106)(H,86,104)(H,87,105)(H,98,99)(H,111,112)(H,113,114)(H,115,116)(H,117,118). The Hall–Kier alpha value is -10.3. The highest BCUT2D eigenvalue weighted by Crippen LogP contribution is 2.34. The van der Waals surface area contributed by atoms with E-state index in [4.69, 9.17) is 43.6 Å². The number of carbonyl (C=O) groups is 18. The van der Waals surface area contributed by atoms with Crippen LogP contribution >= 0.6 is 0 Å². The Balaban J connectivity index is 1.40. The van der Waals surface area contributed by atoms with Crippen molar-refractivity contribution >= 4 is 107 Å². The summed E-state index contributed by atoms with van der Waals surface area (Å²) in [6, 6.07) is -22.0. The Labute approximate surface area is 728 Å². The molecule has 0 aromatic carbocycles. The second kappa shape index (κ2) is 52.4. The Morgan fingerprint density at radius 2 is 0.656 bits per heavy atom. The number of hydrogen-bond donors (Lipinski definition) is 29. The molecule has 0 radical (unpaired) electrons. The van der Waals surface area contributed by atoms with Crippen LogP contribution in [0.2, 0.25) is 0 Å². The highest BCUT2D eigenvalue weighted by atomic mass is 16.7. The molecule has 55 heteroatoms. The summed E-state index contributed by atoms with van der Waals surface area (Å²) < 4.78 is 46.4. The van der Waals surface area contributed by atoms with Gasteiger partial charge >= 0.3 is 29.8 Å². The summed E-state index contributed by atoms with van der Waals surface area (Å²) in [5, 5.41) is 184. The number of aliphatic hydroxyl groups is 10. The summed E-state index contributed by atoms with van der Waals surface area (Å²) in [6.07, 6.45) is -37.0. The van der Waals surface area contributed by atoms with Crippen molar-refractivity contribution in [3.63, 3.8) is 0 Å². The minimum Gasteiger partial charge on any atom is -0.480 e. The number of aliphatic hydroxyl groups excluding tert-OH is 10. The number of nitrogens with one attached hydrogen (secondary N) is 13. The van der Waals surface area contributed by atoms with E-state index in [-0.39, 0.29) is 12.8 Å². The molecule has 4 rings (SSSR count). The first-order chi connectivity index (χ1) is 59.9. The molecule has 4 aliphatic heterocycles. The van der Waals surface area contributed by atoms with Crippen molar-refractivity contribution in [2.75, 3.05) is 33.0 Å². The molecule has 726 valence electrons. The molecular formula is C73H118N14O41. The fourth-order valence-electron chi connectivity index (χ4n) is 13.6. The van der Waals surface area contributed by atoms with Crippen LogP contribution in [0.1, 0.15) is 127 Å². The fraction of sp³-hybridized carbons (Fsp3) is 0.753. The second-order valence-corrected chi connectivity index (χ2v) is 30.6. The van der Waals surface area contributed by atoms with Gasteiger partial charge in [-0.15, -0.1) is 0 Å². The lowest BCUT2D eigenvalue weighted by Gasteiger charge is -2.48. The number of carbonyl (C=O) groups excluding carboxylic acids is 13. The van der Waals surface area contributed by atoms with Gasteiger partial charge in [-0.3, -0.25) is 71.9 Å². The summed E-state index contributed by atoms with van der Waals surface area (Å²) in [4.78, 5) is 232. The van der Waals surface area contributed by atoms with Crippen molar-refractivity contribution in [2.45, 2.75) is 316 Å². The average molecular weight is 1850 g/mol. The van der Waals surface area contributed by atoms with E-state index in [1.165, 1.54) is 0 Å². The van der Waals surface area contributed by atoms with E-state index < -0.39 is 380 Å². The lowest BCUT2D eigenvalue weighted by atomic mass is 9.94. The Kier molecular flexibility index (Phi) is 45.0. The van der Waals surface area contributed by atoms with Crippen LogP contribution in [0, 0.1) is 0 Å². The molecule has 0 aromatic heterocycles. The molecule has 31 unspecified atom stereocenters. The zero-order valence-corrected chi connectivity index (χ0v) is 70.9. The molecule has 128 heavy (non-hydrogen) atoms. The highest BCUT2D eigenvalue weighted by Gasteiger charge is 2.56. The largest absolute Gasteiger partial charge is 0.480 e. The van der Waals surface area contributed by atoms with Crippen LogP contribution in [0.4, 0.5) is 0 Å². The Morgan fingerprint density at radius 3 is 0.977 bits per heavy atom. The molecular weight excluding hydrogens is 1730 g/mol. The Bertz CT molecular complexity index is 3840. The molecule has 0 aliphatic carbocycles. The summed E-state index contributed by atoms with van der Waals surface area (Å²) in [6.45, 7) is 4.82. The molecule has 0 spiro atoms. The lowest BCUT2D eigenvalue weighted by molar-refractivity contribution is -0.333. The molecule has 0 bridgehead atoms. The smallest absolute Gasteiger partial charge is 0.326 e. The maximum absolute atomic E-state index is 13.9. The molecule has 0 aromatic rings. The number of amides is 13. The van der Waals surface area contributed by atoms with E-state index in [1.54, 1.807) is 0 Å². The third kappa shape index (κ3) is 33.6. The third-order valence-electron chi connectivity index (χ3n) is 20.4. The zero-order valence-electron chi connectivity index (χ0n) is 70.9. The normalized spacial score (nSPS) is 28.2. The van der Waals surface area contributed by atoms with E-state index >= 15 is 0 Å². The lowest BCUT2D eigenvalue weighted by Crippen LogP contribution is -2.70. The van der Waals surface area contributed by atoms with Gasteiger partial charge in [-0.25, -0.2) is 14.4 Å². The molecule has 0 saturated carbocycles.